The number of aliphatic hydroxyl groups excluding tert-OH is 4. The van der Waals surface area contributed by atoms with Gasteiger partial charge in [0.2, 0.25) is 6.61 Å². The molecule has 0 amide bonds. The fourth-order valence-electron chi connectivity index (χ4n) is 6.25. The summed E-state index contributed by atoms with van der Waals surface area (Å²) >= 11 is 12.6. The molecule has 10 atom stereocenters. The van der Waals surface area contributed by atoms with Gasteiger partial charge in [-0.05, 0) is 58.9 Å². The van der Waals surface area contributed by atoms with Crippen molar-refractivity contribution in [2.45, 2.75) is 96.1 Å². The molecule has 4 aromatic rings. The van der Waals surface area contributed by atoms with Crippen LogP contribution in [-0.2, 0) is 60.8 Å². The first-order valence-corrected chi connectivity index (χ1v) is 25.6. The van der Waals surface area contributed by atoms with E-state index in [1.807, 2.05) is 0 Å². The normalized spacial score (nSPS) is 22.6. The topological polar surface area (TPSA) is 368 Å². The zero-order chi connectivity index (χ0) is 55.9. The van der Waals surface area contributed by atoms with Crippen molar-refractivity contribution in [1.82, 2.24) is 19.1 Å². The molecule has 6 rings (SSSR count). The highest BCUT2D eigenvalue weighted by molar-refractivity contribution is 7.49. The van der Waals surface area contributed by atoms with Gasteiger partial charge in [0.25, 0.3) is 11.1 Å². The Kier molecular flexibility index (Phi) is 32.9. The Balaban J connectivity index is 0.00000114. The Bertz CT molecular complexity index is 2750. The number of benzene rings is 2. The minimum absolute atomic E-state index is 0. The number of nitrogens with one attached hydrogen (secondary N) is 2. The molecule has 78 heavy (non-hydrogen) atoms. The Labute approximate surface area is 464 Å². The molecular formula is C46H66Cl3N4O23P2+. The van der Waals surface area contributed by atoms with Crippen LogP contribution in [0.2, 0.25) is 0 Å². The molecule has 2 aliphatic heterocycles. The van der Waals surface area contributed by atoms with Gasteiger partial charge in [0.15, 0.2) is 24.8 Å². The predicted molar refractivity (Wildman–Crippen MR) is 283 cm³/mol. The van der Waals surface area contributed by atoms with Crippen LogP contribution < -0.4 is 31.5 Å². The number of phosphoric ester groups is 1. The average Bonchev–Trinajstić information content (AvgIpc) is 3.74. The summed E-state index contributed by atoms with van der Waals surface area (Å²) in [6.07, 6.45) is -4.34. The van der Waals surface area contributed by atoms with E-state index >= 15 is 0 Å². The maximum absolute atomic E-state index is 13.2. The van der Waals surface area contributed by atoms with E-state index in [1.54, 1.807) is 69.3 Å². The number of aliphatic hydroxyl groups is 4. The van der Waals surface area contributed by atoms with Crippen molar-refractivity contribution in [1.29, 1.82) is 0 Å². The van der Waals surface area contributed by atoms with Gasteiger partial charge in [-0.1, -0.05) is 55.8 Å². The van der Waals surface area contributed by atoms with E-state index in [4.69, 9.17) is 65.7 Å². The molecule has 438 valence electrons. The van der Waals surface area contributed by atoms with Gasteiger partial charge >= 0.3 is 45.4 Å². The summed E-state index contributed by atoms with van der Waals surface area (Å²) < 4.78 is 76.7. The van der Waals surface area contributed by atoms with Crippen molar-refractivity contribution in [3.63, 3.8) is 0 Å². The standard InChI is InChI=1S/C20H24ClN2O10P.C10H13ClN2O5.C10H12O5P.C4H8O3.2CH4.ClH/c1-3-29-16(25)12-31-34(28,33-13-7-5-4-6-8-13)30-11-14-17(26)20(2,21)18(32-14)23-10-9-15(24)22-19(23)27;1-10(11)7(16)5(4-14)18-8(10)13-3-2-6(15)12-9(13)17;1-2-13-10(11)8-14-16(12)15-9-6-4-3-5-7-9;1-2-7-4(6)3-5;;;/h4-10,14,17-18,26H,3,11-12H2,1-2H3,(H,22,24,27);2-3,5,7-8,14,16H,4H2,1H3,(H,12,15,17);3-7H,2,8H2,1H3;5H,2-3H2,1H3;2*1H4;1H/q;;+1;;;;/t14-,17-,18-,20-,34?;5-,7-,8-,10-;;;;;/m11...../s1. The van der Waals surface area contributed by atoms with Crippen LogP contribution in [0.15, 0.2) is 104 Å². The molecule has 0 radical (unpaired) electrons. The first-order chi connectivity index (χ1) is 35.5. The van der Waals surface area contributed by atoms with E-state index in [1.165, 1.54) is 38.4 Å². The summed E-state index contributed by atoms with van der Waals surface area (Å²) in [5.41, 5.74) is -2.64. The number of phosphoric acid groups is 1. The quantitative estimate of drug-likeness (QED) is 0.0316. The summed E-state index contributed by atoms with van der Waals surface area (Å²) in [7, 11) is -6.75. The molecule has 32 heteroatoms. The highest BCUT2D eigenvalue weighted by atomic mass is 35.5. The van der Waals surface area contributed by atoms with Crippen molar-refractivity contribution in [3.8, 4) is 11.5 Å². The fraction of sp³-hybridized carbons (Fsp3) is 0.500. The molecule has 0 bridgehead atoms. The predicted octanol–water partition coefficient (Wildman–Crippen LogP) is 3.90. The van der Waals surface area contributed by atoms with Gasteiger partial charge in [0.05, 0.1) is 33.0 Å². The maximum atomic E-state index is 13.2. The number of aromatic amines is 2. The number of esters is 3. The Morgan fingerprint density at radius 3 is 1.51 bits per heavy atom. The lowest BCUT2D eigenvalue weighted by Gasteiger charge is -2.26. The third-order valence-corrected chi connectivity index (χ3v) is 12.6. The Morgan fingerprint density at radius 1 is 0.679 bits per heavy atom. The van der Waals surface area contributed by atoms with E-state index in [0.29, 0.717) is 12.4 Å². The van der Waals surface area contributed by atoms with Crippen LogP contribution in [0.5, 0.6) is 11.5 Å². The number of para-hydroxylation sites is 2. The molecule has 2 fully saturated rings. The molecule has 0 spiro atoms. The zero-order valence-electron chi connectivity index (χ0n) is 41.2. The smallest absolute Gasteiger partial charge is 0.464 e. The number of halogens is 3. The molecule has 0 aliphatic carbocycles. The molecule has 2 aromatic carbocycles. The lowest BCUT2D eigenvalue weighted by atomic mass is 10.0. The van der Waals surface area contributed by atoms with Crippen LogP contribution in [0.3, 0.4) is 0 Å². The van der Waals surface area contributed by atoms with Crippen LogP contribution in [0.1, 0.15) is 61.9 Å². The van der Waals surface area contributed by atoms with E-state index in [-0.39, 0.29) is 52.8 Å². The monoisotopic (exact) mass is 1210 g/mol. The molecule has 4 heterocycles. The number of nitrogens with zero attached hydrogens (tertiary/aromatic N) is 2. The van der Waals surface area contributed by atoms with Crippen LogP contribution in [0, 0.1) is 0 Å². The number of carbonyl (C=O) groups excluding carboxylic acids is 3. The van der Waals surface area contributed by atoms with E-state index < -0.39 is 130 Å². The van der Waals surface area contributed by atoms with Gasteiger partial charge in [-0.2, -0.15) is 0 Å². The number of H-pyrrole nitrogens is 2. The average molecular weight is 1210 g/mol. The third kappa shape index (κ3) is 22.4. The number of rotatable bonds is 20. The van der Waals surface area contributed by atoms with Gasteiger partial charge in [0.1, 0.15) is 46.5 Å². The summed E-state index contributed by atoms with van der Waals surface area (Å²) in [4.78, 5) is 80.0. The van der Waals surface area contributed by atoms with Crippen LogP contribution in [-0.4, -0.2) is 144 Å². The largest absolute Gasteiger partial charge is 0.750 e. The molecule has 2 unspecified atom stereocenters. The summed E-state index contributed by atoms with van der Waals surface area (Å²) in [5.74, 6) is -1.36. The van der Waals surface area contributed by atoms with E-state index in [9.17, 15) is 52.9 Å². The third-order valence-electron chi connectivity index (χ3n) is 9.78. The van der Waals surface area contributed by atoms with Crippen LogP contribution in [0.25, 0.3) is 0 Å². The molecule has 0 saturated carbocycles. The first kappa shape index (κ1) is 72.7. The van der Waals surface area contributed by atoms with E-state index in [2.05, 4.69) is 24.0 Å². The maximum Gasteiger partial charge on any atom is 0.750 e. The zero-order valence-corrected chi connectivity index (χ0v) is 45.3. The second-order valence-corrected chi connectivity index (χ2v) is 19.5. The minimum atomic E-state index is -4.40. The van der Waals surface area contributed by atoms with Gasteiger partial charge in [-0.15, -0.1) is 35.6 Å². The lowest BCUT2D eigenvalue weighted by Crippen LogP contribution is -2.43. The fourth-order valence-corrected chi connectivity index (χ4v) is 8.55. The number of hydrogen-bond acceptors (Lipinski definition) is 23. The summed E-state index contributed by atoms with van der Waals surface area (Å²) in [6.45, 7) is 6.01. The summed E-state index contributed by atoms with van der Waals surface area (Å²) in [5, 5.41) is 37.6. The number of carbonyl (C=O) groups is 3. The number of alkyl halides is 2. The van der Waals surface area contributed by atoms with Crippen molar-refractivity contribution in [2.75, 3.05) is 52.9 Å². The van der Waals surface area contributed by atoms with Gasteiger partial charge in [0, 0.05) is 29.1 Å². The van der Waals surface area contributed by atoms with Gasteiger partial charge in [-0.25, -0.2) is 33.1 Å². The van der Waals surface area contributed by atoms with Gasteiger partial charge < -0.3 is 48.6 Å². The SMILES string of the molecule is C.C.CCOC(=O)CO.CCOC(=O)COP(=O)(OC[C@H]1O[C@@H](n2ccc(=O)[nH]c2=O)[C@](C)(Cl)[C@@H]1O)Oc1ccccc1.CCOC(=O)CO[P+](=O)Oc1ccccc1.C[C@@]1(Cl)[C@H](O)[C@@H](CO)O[C@H]1n1ccc(=O)[nH]c1=O.Cl. The van der Waals surface area contributed by atoms with E-state index in [0.717, 1.165) is 21.3 Å². The van der Waals surface area contributed by atoms with Crippen LogP contribution in [0.4, 0.5) is 0 Å². The molecule has 2 aromatic heterocycles. The molecular weight excluding hydrogens is 1140 g/mol. The lowest BCUT2D eigenvalue weighted by molar-refractivity contribution is -0.147. The summed E-state index contributed by atoms with van der Waals surface area (Å²) in [6, 6.07) is 18.8. The molecule has 2 aliphatic rings. The van der Waals surface area contributed by atoms with Gasteiger partial charge in [-0.3, -0.25) is 37.7 Å². The highest BCUT2D eigenvalue weighted by Gasteiger charge is 2.55. The molecule has 2 saturated heterocycles. The number of hydrogen-bond donors (Lipinski definition) is 6. The second-order valence-electron chi connectivity index (χ2n) is 15.4. The van der Waals surface area contributed by atoms with Crippen molar-refractivity contribution in [3.05, 3.63) is 127 Å². The van der Waals surface area contributed by atoms with Crippen LogP contribution >= 0.6 is 51.7 Å². The highest BCUT2D eigenvalue weighted by Crippen LogP contribution is 2.51. The number of ether oxygens (including phenoxy) is 5. The van der Waals surface area contributed by atoms with Crippen molar-refractivity contribution >= 4 is 69.6 Å². The Morgan fingerprint density at radius 2 is 1.10 bits per heavy atom. The molecule has 27 nitrogen and oxygen atoms in total. The minimum Gasteiger partial charge on any atom is -0.464 e. The van der Waals surface area contributed by atoms with Crippen molar-refractivity contribution in [2.24, 2.45) is 0 Å². The Hall–Kier alpha value is -5.35. The first-order valence-electron chi connectivity index (χ1n) is 22.3. The van der Waals surface area contributed by atoms with Crippen molar-refractivity contribution < 1.29 is 90.2 Å². The second kappa shape index (κ2) is 35.3. The molecule has 6 N–H and O–H groups in total. The number of aromatic nitrogens is 4.